The Hall–Kier alpha value is -0.0800. The van der Waals surface area contributed by atoms with Crippen molar-refractivity contribution in [3.05, 3.63) is 0 Å². The Labute approximate surface area is 113 Å². The van der Waals surface area contributed by atoms with E-state index in [1.807, 2.05) is 0 Å². The minimum Gasteiger partial charge on any atom is -0.368 e. The van der Waals surface area contributed by atoms with E-state index in [0.29, 0.717) is 16.9 Å². The first-order chi connectivity index (χ1) is 7.90. The first-order valence-electron chi connectivity index (χ1n) is 7.34. The Morgan fingerprint density at radius 3 is 1.78 bits per heavy atom. The van der Waals surface area contributed by atoms with Gasteiger partial charge in [0.25, 0.3) is 0 Å². The molecule has 2 fully saturated rings. The fourth-order valence-electron chi connectivity index (χ4n) is 3.98. The lowest BCUT2D eigenvalue weighted by atomic mass is 9.94. The van der Waals surface area contributed by atoms with Crippen molar-refractivity contribution in [1.29, 1.82) is 0 Å². The summed E-state index contributed by atoms with van der Waals surface area (Å²) in [6.07, 6.45) is 1.10. The van der Waals surface area contributed by atoms with E-state index in [0.717, 1.165) is 18.9 Å². The van der Waals surface area contributed by atoms with Crippen LogP contribution in [0.15, 0.2) is 0 Å². The molecule has 1 aliphatic heterocycles. The molecule has 18 heavy (non-hydrogen) atoms. The maximum Gasteiger partial charge on any atom is 0.0787 e. The second-order valence-electron chi connectivity index (χ2n) is 8.63. The van der Waals surface area contributed by atoms with Crippen molar-refractivity contribution in [2.75, 3.05) is 6.54 Å². The number of hydrogen-bond acceptors (Lipinski definition) is 2. The predicted molar refractivity (Wildman–Crippen MR) is 76.7 cm³/mol. The molecule has 1 N–H and O–H groups in total. The summed E-state index contributed by atoms with van der Waals surface area (Å²) in [4.78, 5) is 0. The lowest BCUT2D eigenvalue weighted by Gasteiger charge is -2.28. The highest BCUT2D eigenvalue weighted by molar-refractivity contribution is 5.13. The molecule has 0 amide bonds. The molecule has 106 valence electrons. The molecule has 0 radical (unpaired) electrons. The third-order valence-electron chi connectivity index (χ3n) is 5.96. The van der Waals surface area contributed by atoms with Crippen molar-refractivity contribution >= 4 is 0 Å². The summed E-state index contributed by atoms with van der Waals surface area (Å²) in [6, 6.07) is 0.472. The second-order valence-corrected chi connectivity index (χ2v) is 8.63. The van der Waals surface area contributed by atoms with Crippen molar-refractivity contribution in [2.45, 2.75) is 79.1 Å². The van der Waals surface area contributed by atoms with Gasteiger partial charge in [-0.2, -0.15) is 0 Å². The Morgan fingerprint density at radius 1 is 0.944 bits per heavy atom. The van der Waals surface area contributed by atoms with E-state index in [1.54, 1.807) is 0 Å². The number of rotatable bonds is 3. The smallest absolute Gasteiger partial charge is 0.0787 e. The van der Waals surface area contributed by atoms with Crippen molar-refractivity contribution in [3.63, 3.8) is 0 Å². The molecule has 0 aromatic heterocycles. The van der Waals surface area contributed by atoms with Gasteiger partial charge < -0.3 is 10.1 Å². The molecular formula is C16H31NO. The van der Waals surface area contributed by atoms with Crippen molar-refractivity contribution in [2.24, 2.45) is 16.7 Å². The topological polar surface area (TPSA) is 21.3 Å². The third-order valence-corrected chi connectivity index (χ3v) is 5.96. The Bertz CT molecular complexity index is 327. The van der Waals surface area contributed by atoms with Crippen LogP contribution in [0.5, 0.6) is 0 Å². The number of ether oxygens (including phenoxy) is 1. The summed E-state index contributed by atoms with van der Waals surface area (Å²) < 4.78 is 6.14. The van der Waals surface area contributed by atoms with E-state index in [1.165, 1.54) is 0 Å². The van der Waals surface area contributed by atoms with Crippen molar-refractivity contribution in [3.8, 4) is 0 Å². The molecule has 1 saturated heterocycles. The van der Waals surface area contributed by atoms with Crippen LogP contribution in [0.2, 0.25) is 0 Å². The quantitative estimate of drug-likeness (QED) is 0.829. The van der Waals surface area contributed by atoms with E-state index in [2.05, 4.69) is 60.7 Å². The van der Waals surface area contributed by atoms with Crippen LogP contribution >= 0.6 is 0 Å². The predicted octanol–water partition coefficient (Wildman–Crippen LogP) is 3.60. The van der Waals surface area contributed by atoms with Gasteiger partial charge in [0.15, 0.2) is 0 Å². The molecule has 1 aliphatic carbocycles. The van der Waals surface area contributed by atoms with Gasteiger partial charge in [0.1, 0.15) is 0 Å². The first-order valence-corrected chi connectivity index (χ1v) is 7.34. The van der Waals surface area contributed by atoms with Crippen LogP contribution in [-0.2, 0) is 4.74 Å². The van der Waals surface area contributed by atoms with E-state index in [4.69, 9.17) is 4.74 Å². The molecule has 2 rings (SSSR count). The number of nitrogens with one attached hydrogen (secondary N) is 1. The van der Waals surface area contributed by atoms with Crippen LogP contribution in [0.3, 0.4) is 0 Å². The molecule has 1 saturated carbocycles. The molecule has 2 aliphatic rings. The van der Waals surface area contributed by atoms with Gasteiger partial charge in [0.05, 0.1) is 11.2 Å². The summed E-state index contributed by atoms with van der Waals surface area (Å²) in [5.74, 6) is 0.782. The average molecular weight is 253 g/mol. The Balaban J connectivity index is 1.93. The van der Waals surface area contributed by atoms with Crippen molar-refractivity contribution in [1.82, 2.24) is 5.32 Å². The minimum atomic E-state index is -0.0489. The Morgan fingerprint density at radius 2 is 1.44 bits per heavy atom. The molecule has 0 bridgehead atoms. The third kappa shape index (κ3) is 2.12. The van der Waals surface area contributed by atoms with Gasteiger partial charge in [0, 0.05) is 6.04 Å². The lowest BCUT2D eigenvalue weighted by molar-refractivity contribution is -0.0699. The second kappa shape index (κ2) is 3.73. The molecule has 0 spiro atoms. The molecule has 2 heteroatoms. The van der Waals surface area contributed by atoms with Crippen LogP contribution in [0.1, 0.15) is 61.8 Å². The highest BCUT2D eigenvalue weighted by Crippen LogP contribution is 2.68. The number of hydrogen-bond donors (Lipinski definition) is 1. The largest absolute Gasteiger partial charge is 0.368 e. The van der Waals surface area contributed by atoms with Gasteiger partial charge in [-0.3, -0.25) is 0 Å². The summed E-state index contributed by atoms with van der Waals surface area (Å²) in [6.45, 7) is 19.5. The normalized spacial score (nSPS) is 35.7. The average Bonchev–Trinajstić information content (AvgIpc) is 2.39. The first kappa shape index (κ1) is 14.3. The van der Waals surface area contributed by atoms with E-state index < -0.39 is 0 Å². The van der Waals surface area contributed by atoms with E-state index >= 15 is 0 Å². The maximum absolute atomic E-state index is 6.14. The molecule has 1 unspecified atom stereocenters. The van der Waals surface area contributed by atoms with Gasteiger partial charge >= 0.3 is 0 Å². The van der Waals surface area contributed by atoms with Crippen LogP contribution in [0.25, 0.3) is 0 Å². The molecule has 1 atom stereocenters. The molecule has 1 heterocycles. The lowest BCUT2D eigenvalue weighted by Crippen LogP contribution is -2.44. The van der Waals surface area contributed by atoms with E-state index in [9.17, 15) is 0 Å². The van der Waals surface area contributed by atoms with Crippen LogP contribution in [-0.4, -0.2) is 23.8 Å². The standard InChI is InChI=1S/C16H31NO/c1-13(2)9-12(16(7,8)18-13)17-10-11-14(3,4)15(11,5)6/h11-12,17H,9-10H2,1-8H3. The van der Waals surface area contributed by atoms with Crippen LogP contribution in [0, 0.1) is 16.7 Å². The fourth-order valence-corrected chi connectivity index (χ4v) is 3.98. The summed E-state index contributed by atoms with van der Waals surface area (Å²) in [7, 11) is 0. The van der Waals surface area contributed by atoms with Gasteiger partial charge in [0.2, 0.25) is 0 Å². The van der Waals surface area contributed by atoms with E-state index in [-0.39, 0.29) is 11.2 Å². The zero-order chi connectivity index (χ0) is 14.0. The SMILES string of the molecule is CC1(C)CC(NCC2C(C)(C)C2(C)C)C(C)(C)O1. The highest BCUT2D eigenvalue weighted by Gasteiger charge is 2.64. The molecule has 0 aromatic rings. The highest BCUT2D eigenvalue weighted by atomic mass is 16.5. The fraction of sp³-hybridized carbons (Fsp3) is 1.00. The zero-order valence-corrected chi connectivity index (χ0v) is 13.5. The van der Waals surface area contributed by atoms with Gasteiger partial charge in [-0.15, -0.1) is 0 Å². The zero-order valence-electron chi connectivity index (χ0n) is 13.5. The Kier molecular flexibility index (Phi) is 2.97. The maximum atomic E-state index is 6.14. The van der Waals surface area contributed by atoms with Gasteiger partial charge in [-0.25, -0.2) is 0 Å². The van der Waals surface area contributed by atoms with Crippen molar-refractivity contribution < 1.29 is 4.74 Å². The molecular weight excluding hydrogens is 222 g/mol. The summed E-state index contributed by atoms with van der Waals surface area (Å²) >= 11 is 0. The van der Waals surface area contributed by atoms with Crippen LogP contribution in [0.4, 0.5) is 0 Å². The van der Waals surface area contributed by atoms with Gasteiger partial charge in [-0.05, 0) is 57.4 Å². The molecule has 0 aromatic carbocycles. The monoisotopic (exact) mass is 253 g/mol. The summed E-state index contributed by atoms with van der Waals surface area (Å²) in [5.41, 5.74) is 0.903. The molecule has 2 nitrogen and oxygen atoms in total. The minimum absolute atomic E-state index is 0.00968. The van der Waals surface area contributed by atoms with Gasteiger partial charge in [-0.1, -0.05) is 27.7 Å². The van der Waals surface area contributed by atoms with Crippen LogP contribution < -0.4 is 5.32 Å². The summed E-state index contributed by atoms with van der Waals surface area (Å²) in [5, 5.41) is 3.78.